The highest BCUT2D eigenvalue weighted by molar-refractivity contribution is 6.01. The number of anilines is 3. The normalized spacial score (nSPS) is 25.7. The molecule has 0 spiro atoms. The van der Waals surface area contributed by atoms with Gasteiger partial charge in [0.05, 0.1) is 12.8 Å². The van der Waals surface area contributed by atoms with Crippen molar-refractivity contribution >= 4 is 41.0 Å². The molecule has 1 aromatic heterocycles. The predicted molar refractivity (Wildman–Crippen MR) is 223 cm³/mol. The molecule has 5 aliphatic rings. The molecule has 5 fully saturated rings. The standard InChI is InChI=1S/C45H56F2N8O5/c46-37-23-34(50-39-14-15-40(56)52-44(39)59)12-13-36(37)30-16-18-54(19-17-30)26-29-6-4-28(5-7-29)24-48-43(58)31-8-10-33(11-9-31)51-45-49-25-38(47)42(53-45)32-2-1-3-35(22-32)55-20-21-60-27-41(55)57/h1-3,12-13,22-23,25,28-31,33,39,50H,4-11,14-21,24,26-27H2,(H,48,58)(H,49,51,53)(H,52,56,59). The Kier molecular flexibility index (Phi) is 13.3. The first-order valence-electron chi connectivity index (χ1n) is 21.8. The van der Waals surface area contributed by atoms with Gasteiger partial charge in [0.25, 0.3) is 5.91 Å². The Morgan fingerprint density at radius 3 is 2.38 bits per heavy atom. The maximum atomic E-state index is 15.2. The molecule has 3 saturated heterocycles. The van der Waals surface area contributed by atoms with Crippen LogP contribution in [0.15, 0.2) is 48.7 Å². The number of amides is 4. The maximum Gasteiger partial charge on any atom is 0.253 e. The number of nitrogens with zero attached hydrogens (tertiary/aromatic N) is 4. The van der Waals surface area contributed by atoms with E-state index in [9.17, 15) is 23.6 Å². The van der Waals surface area contributed by atoms with Gasteiger partial charge in [-0.1, -0.05) is 18.2 Å². The summed E-state index contributed by atoms with van der Waals surface area (Å²) in [6.07, 6.45) is 11.3. The maximum absolute atomic E-state index is 15.2. The molecule has 13 nitrogen and oxygen atoms in total. The van der Waals surface area contributed by atoms with Crippen molar-refractivity contribution in [2.24, 2.45) is 17.8 Å². The van der Waals surface area contributed by atoms with Crippen molar-refractivity contribution in [2.75, 3.05) is 61.5 Å². The van der Waals surface area contributed by atoms with Gasteiger partial charge < -0.3 is 30.5 Å². The molecule has 15 heteroatoms. The first-order chi connectivity index (χ1) is 29.1. The molecule has 1 atom stereocenters. The Morgan fingerprint density at radius 1 is 0.850 bits per heavy atom. The number of likely N-dealkylation sites (tertiary alicyclic amines) is 1. The molecule has 2 aromatic carbocycles. The molecular formula is C45H56F2N8O5. The summed E-state index contributed by atoms with van der Waals surface area (Å²) in [6, 6.07) is 11.8. The lowest BCUT2D eigenvalue weighted by molar-refractivity contribution is -0.133. The van der Waals surface area contributed by atoms with E-state index in [4.69, 9.17) is 4.74 Å². The van der Waals surface area contributed by atoms with Crippen molar-refractivity contribution in [2.45, 2.75) is 95.1 Å². The third kappa shape index (κ3) is 10.3. The number of morpholine rings is 1. The topological polar surface area (TPSA) is 158 Å². The number of hydrogen-bond donors (Lipinski definition) is 4. The van der Waals surface area contributed by atoms with Crippen LogP contribution in [0, 0.1) is 29.4 Å². The summed E-state index contributed by atoms with van der Waals surface area (Å²) in [6.45, 7) is 4.58. The lowest BCUT2D eigenvalue weighted by Crippen LogP contribution is -2.47. The van der Waals surface area contributed by atoms with E-state index in [0.717, 1.165) is 96.0 Å². The summed E-state index contributed by atoms with van der Waals surface area (Å²) in [7, 11) is 0. The number of imide groups is 1. The first kappa shape index (κ1) is 41.7. The molecule has 1 unspecified atom stereocenters. The predicted octanol–water partition coefficient (Wildman–Crippen LogP) is 5.78. The molecule has 3 aliphatic heterocycles. The van der Waals surface area contributed by atoms with Gasteiger partial charge in [-0.25, -0.2) is 18.7 Å². The number of halogens is 2. The van der Waals surface area contributed by atoms with Crippen molar-refractivity contribution in [3.8, 4) is 11.3 Å². The smallest absolute Gasteiger partial charge is 0.253 e. The number of nitrogens with one attached hydrogen (secondary N) is 4. The van der Waals surface area contributed by atoms with Crippen LogP contribution in [-0.2, 0) is 23.9 Å². The number of carbonyl (C=O) groups is 4. The molecular weight excluding hydrogens is 771 g/mol. The average molecular weight is 827 g/mol. The van der Waals surface area contributed by atoms with E-state index in [1.807, 2.05) is 18.2 Å². The highest BCUT2D eigenvalue weighted by Crippen LogP contribution is 2.35. The summed E-state index contributed by atoms with van der Waals surface area (Å²) in [4.78, 5) is 62.0. The number of aromatic nitrogens is 2. The number of hydrogen-bond acceptors (Lipinski definition) is 10. The Labute approximate surface area is 349 Å². The van der Waals surface area contributed by atoms with Crippen LogP contribution in [0.3, 0.4) is 0 Å². The van der Waals surface area contributed by atoms with E-state index in [1.165, 1.54) is 12.3 Å². The second kappa shape index (κ2) is 19.1. The number of rotatable bonds is 12. The van der Waals surface area contributed by atoms with Crippen LogP contribution in [0.2, 0.25) is 0 Å². The summed E-state index contributed by atoms with van der Waals surface area (Å²) in [5, 5.41) is 12.0. The quantitative estimate of drug-likeness (QED) is 0.165. The van der Waals surface area contributed by atoms with Crippen molar-refractivity contribution in [3.63, 3.8) is 0 Å². The van der Waals surface area contributed by atoms with Gasteiger partial charge in [-0.15, -0.1) is 0 Å². The van der Waals surface area contributed by atoms with E-state index < -0.39 is 11.9 Å². The van der Waals surface area contributed by atoms with Gasteiger partial charge in [0, 0.05) is 55.0 Å². The largest absolute Gasteiger partial charge is 0.374 e. The zero-order chi connectivity index (χ0) is 41.6. The van der Waals surface area contributed by atoms with E-state index in [2.05, 4.69) is 36.1 Å². The van der Waals surface area contributed by atoms with Crippen molar-refractivity contribution < 1.29 is 32.7 Å². The molecule has 2 saturated carbocycles. The summed E-state index contributed by atoms with van der Waals surface area (Å²) in [5.41, 5.74) is 2.68. The molecule has 320 valence electrons. The summed E-state index contributed by atoms with van der Waals surface area (Å²) >= 11 is 0. The summed E-state index contributed by atoms with van der Waals surface area (Å²) in [5.74, 6) is 0.162. The molecule has 4 amide bonds. The number of carbonyl (C=O) groups excluding carboxylic acids is 4. The van der Waals surface area contributed by atoms with Crippen molar-refractivity contribution in [3.05, 3.63) is 65.9 Å². The second-order valence-corrected chi connectivity index (χ2v) is 17.3. The highest BCUT2D eigenvalue weighted by atomic mass is 19.1. The Balaban J connectivity index is 0.720. The lowest BCUT2D eigenvalue weighted by Gasteiger charge is -2.37. The molecule has 8 rings (SSSR count). The van der Waals surface area contributed by atoms with Crippen molar-refractivity contribution in [1.29, 1.82) is 0 Å². The fourth-order valence-electron chi connectivity index (χ4n) is 9.71. The van der Waals surface area contributed by atoms with E-state index in [1.54, 1.807) is 23.1 Å². The van der Waals surface area contributed by atoms with Gasteiger partial charge in [-0.05, 0) is 131 Å². The molecule has 0 radical (unpaired) electrons. The number of piperidine rings is 2. The van der Waals surface area contributed by atoms with Crippen molar-refractivity contribution in [1.82, 2.24) is 25.5 Å². The van der Waals surface area contributed by atoms with Gasteiger partial charge in [0.2, 0.25) is 23.7 Å². The van der Waals surface area contributed by atoms with Crippen LogP contribution in [-0.4, -0.2) is 96.5 Å². The molecule has 60 heavy (non-hydrogen) atoms. The van der Waals surface area contributed by atoms with E-state index in [-0.39, 0.29) is 66.0 Å². The average Bonchev–Trinajstić information content (AvgIpc) is 3.26. The molecule has 3 aromatic rings. The monoisotopic (exact) mass is 826 g/mol. The van der Waals surface area contributed by atoms with Crippen LogP contribution >= 0.6 is 0 Å². The van der Waals surface area contributed by atoms with Crippen LogP contribution in [0.5, 0.6) is 0 Å². The van der Waals surface area contributed by atoms with Gasteiger partial charge >= 0.3 is 0 Å². The third-order valence-corrected chi connectivity index (χ3v) is 13.2. The number of ether oxygens (including phenoxy) is 1. The zero-order valence-corrected chi connectivity index (χ0v) is 34.1. The van der Waals surface area contributed by atoms with Crippen LogP contribution in [0.1, 0.15) is 88.5 Å². The second-order valence-electron chi connectivity index (χ2n) is 17.3. The minimum Gasteiger partial charge on any atom is -0.374 e. The van der Waals surface area contributed by atoms with Crippen LogP contribution in [0.25, 0.3) is 11.3 Å². The first-order valence-corrected chi connectivity index (χ1v) is 21.8. The highest BCUT2D eigenvalue weighted by Gasteiger charge is 2.31. The fraction of sp³-hybridized carbons (Fsp3) is 0.556. The zero-order valence-electron chi connectivity index (χ0n) is 34.1. The number of benzene rings is 2. The third-order valence-electron chi connectivity index (χ3n) is 13.2. The van der Waals surface area contributed by atoms with Crippen LogP contribution < -0.4 is 26.2 Å². The van der Waals surface area contributed by atoms with E-state index in [0.29, 0.717) is 54.3 Å². The van der Waals surface area contributed by atoms with Gasteiger partial charge in [0.15, 0.2) is 5.82 Å². The molecule has 4 N–H and O–H groups in total. The molecule has 4 heterocycles. The fourth-order valence-corrected chi connectivity index (χ4v) is 9.71. The Hall–Kier alpha value is -5.02. The van der Waals surface area contributed by atoms with Gasteiger partial charge in [0.1, 0.15) is 24.2 Å². The van der Waals surface area contributed by atoms with Gasteiger partial charge in [-0.2, -0.15) is 0 Å². The minimum atomic E-state index is -0.542. The molecule has 2 aliphatic carbocycles. The SMILES string of the molecule is O=C1CCC(Nc2ccc(C3CCN(CC4CCC(CNC(=O)C5CCC(Nc6ncc(F)c(-c7cccc(N8CCOCC8=O)c7)n6)CC5)CC4)CC3)c(F)c2)C(=O)N1. The Bertz CT molecular complexity index is 2030. The minimum absolute atomic E-state index is 0.0247. The molecule has 0 bridgehead atoms. The van der Waals surface area contributed by atoms with Crippen LogP contribution in [0.4, 0.5) is 26.1 Å². The van der Waals surface area contributed by atoms with Gasteiger partial charge in [-0.3, -0.25) is 24.5 Å². The van der Waals surface area contributed by atoms with E-state index >= 15 is 4.39 Å². The summed E-state index contributed by atoms with van der Waals surface area (Å²) < 4.78 is 35.4. The lowest BCUT2D eigenvalue weighted by atomic mass is 9.81. The Morgan fingerprint density at radius 2 is 1.63 bits per heavy atom.